The molecule has 1 unspecified atom stereocenters. The van der Waals surface area contributed by atoms with Crippen molar-refractivity contribution in [3.05, 3.63) is 95.6 Å². The van der Waals surface area contributed by atoms with Gasteiger partial charge in [0, 0.05) is 12.3 Å². The molecule has 3 aromatic carbocycles. The third-order valence-corrected chi connectivity index (χ3v) is 6.24. The maximum Gasteiger partial charge on any atom is 0.407 e. The normalized spacial score (nSPS) is 13.7. The quantitative estimate of drug-likeness (QED) is 0.421. The molecule has 2 atom stereocenters. The number of ether oxygens (including phenoxy) is 1. The number of amides is 2. The van der Waals surface area contributed by atoms with Crippen molar-refractivity contribution in [1.29, 1.82) is 0 Å². The molecule has 2 amide bonds. The molecule has 0 fully saturated rings. The van der Waals surface area contributed by atoms with Gasteiger partial charge in [-0.15, -0.1) is 0 Å². The summed E-state index contributed by atoms with van der Waals surface area (Å²) >= 11 is 0. The Morgan fingerprint density at radius 3 is 2.03 bits per heavy atom. The third-order valence-electron chi connectivity index (χ3n) is 6.24. The van der Waals surface area contributed by atoms with Crippen LogP contribution in [0.4, 0.5) is 4.79 Å². The van der Waals surface area contributed by atoms with Gasteiger partial charge in [0.25, 0.3) is 0 Å². The van der Waals surface area contributed by atoms with E-state index in [1.807, 2.05) is 66.7 Å². The summed E-state index contributed by atoms with van der Waals surface area (Å²) in [5.41, 5.74) is 5.29. The molecule has 0 bridgehead atoms. The summed E-state index contributed by atoms with van der Waals surface area (Å²) in [5, 5.41) is 14.5. The minimum absolute atomic E-state index is 0.0734. The number of aliphatic carboxylic acids is 1. The lowest BCUT2D eigenvalue weighted by Gasteiger charge is -2.22. The largest absolute Gasteiger partial charge is 0.481 e. The van der Waals surface area contributed by atoms with Crippen molar-refractivity contribution >= 4 is 18.0 Å². The highest BCUT2D eigenvalue weighted by Gasteiger charge is 2.29. The van der Waals surface area contributed by atoms with E-state index < -0.39 is 30.1 Å². The maximum absolute atomic E-state index is 12.8. The first kappa shape index (κ1) is 24.0. The summed E-state index contributed by atoms with van der Waals surface area (Å²) < 4.78 is 5.52. The Hall–Kier alpha value is -4.13. The average molecular weight is 473 g/mol. The van der Waals surface area contributed by atoms with E-state index in [2.05, 4.69) is 22.8 Å². The summed E-state index contributed by atoms with van der Waals surface area (Å²) in [7, 11) is 0. The van der Waals surface area contributed by atoms with Crippen molar-refractivity contribution in [2.45, 2.75) is 37.8 Å². The summed E-state index contributed by atoms with van der Waals surface area (Å²) in [4.78, 5) is 36.3. The van der Waals surface area contributed by atoms with Crippen LogP contribution in [0.3, 0.4) is 0 Å². The third kappa shape index (κ3) is 5.69. The van der Waals surface area contributed by atoms with Crippen LogP contribution in [0.25, 0.3) is 11.1 Å². The number of carboxylic acid groups (broad SMARTS) is 1. The fourth-order valence-electron chi connectivity index (χ4n) is 4.45. The molecule has 0 spiro atoms. The van der Waals surface area contributed by atoms with E-state index in [1.54, 1.807) is 6.92 Å². The number of hydrogen-bond donors (Lipinski definition) is 3. The number of benzene rings is 3. The molecule has 1 aliphatic carbocycles. The lowest BCUT2D eigenvalue weighted by Crippen LogP contribution is -2.46. The van der Waals surface area contributed by atoms with Gasteiger partial charge in [0.2, 0.25) is 5.91 Å². The minimum atomic E-state index is -0.940. The smallest absolute Gasteiger partial charge is 0.407 e. The lowest BCUT2D eigenvalue weighted by molar-refractivity contribution is -0.137. The van der Waals surface area contributed by atoms with Gasteiger partial charge in [0.1, 0.15) is 12.6 Å². The van der Waals surface area contributed by atoms with Crippen molar-refractivity contribution in [1.82, 2.24) is 10.6 Å². The summed E-state index contributed by atoms with van der Waals surface area (Å²) in [6.45, 7) is 1.72. The van der Waals surface area contributed by atoms with Crippen LogP contribution in [0.1, 0.15) is 48.4 Å². The Balaban J connectivity index is 1.35. The van der Waals surface area contributed by atoms with Gasteiger partial charge in [-0.05, 0) is 41.2 Å². The standard InChI is InChI=1S/C28H28N2O5/c1-18(27(33)30-25(15-16-26(31)32)19-9-3-2-4-10-19)29-28(34)35-17-24-22-13-7-5-11-20(22)21-12-6-8-14-23(21)24/h2-14,18,24-25H,15-17H2,1H3,(H,29,34)(H,30,33)(H,31,32)/t18-,25?/m1/s1. The number of rotatable bonds is 9. The van der Waals surface area contributed by atoms with E-state index in [-0.39, 0.29) is 25.4 Å². The van der Waals surface area contributed by atoms with Crippen molar-refractivity contribution in [2.24, 2.45) is 0 Å². The fourth-order valence-corrected chi connectivity index (χ4v) is 4.45. The summed E-state index contributed by atoms with van der Waals surface area (Å²) in [5.74, 6) is -1.43. The predicted octanol–water partition coefficient (Wildman–Crippen LogP) is 4.64. The van der Waals surface area contributed by atoms with Gasteiger partial charge in [-0.2, -0.15) is 0 Å². The van der Waals surface area contributed by atoms with E-state index in [4.69, 9.17) is 9.84 Å². The van der Waals surface area contributed by atoms with Gasteiger partial charge in [0.05, 0.1) is 6.04 Å². The zero-order valence-electron chi connectivity index (χ0n) is 19.4. The molecule has 0 radical (unpaired) electrons. The van der Waals surface area contributed by atoms with Crippen LogP contribution in [0, 0.1) is 0 Å². The van der Waals surface area contributed by atoms with Gasteiger partial charge in [-0.25, -0.2) is 4.79 Å². The molecule has 0 aliphatic heterocycles. The minimum Gasteiger partial charge on any atom is -0.481 e. The van der Waals surface area contributed by atoms with Crippen LogP contribution < -0.4 is 10.6 Å². The molecule has 7 heteroatoms. The van der Waals surface area contributed by atoms with Gasteiger partial charge in [0.15, 0.2) is 0 Å². The van der Waals surface area contributed by atoms with Crippen LogP contribution in [0.5, 0.6) is 0 Å². The highest BCUT2D eigenvalue weighted by atomic mass is 16.5. The van der Waals surface area contributed by atoms with E-state index in [0.717, 1.165) is 27.8 Å². The van der Waals surface area contributed by atoms with Gasteiger partial charge < -0.3 is 20.5 Å². The first-order valence-corrected chi connectivity index (χ1v) is 11.6. The highest BCUT2D eigenvalue weighted by molar-refractivity contribution is 5.85. The van der Waals surface area contributed by atoms with Crippen molar-refractivity contribution in [3.8, 4) is 11.1 Å². The number of alkyl carbamates (subject to hydrolysis) is 1. The van der Waals surface area contributed by atoms with E-state index in [1.165, 1.54) is 0 Å². The van der Waals surface area contributed by atoms with Gasteiger partial charge >= 0.3 is 12.1 Å². The Morgan fingerprint density at radius 1 is 0.857 bits per heavy atom. The maximum atomic E-state index is 12.8. The predicted molar refractivity (Wildman–Crippen MR) is 132 cm³/mol. The van der Waals surface area contributed by atoms with Crippen LogP contribution >= 0.6 is 0 Å². The molecule has 0 saturated carbocycles. The Kier molecular flexibility index (Phi) is 7.45. The molecule has 0 saturated heterocycles. The Bertz CT molecular complexity index is 1170. The second-order valence-electron chi connectivity index (χ2n) is 8.60. The van der Waals surface area contributed by atoms with Crippen LogP contribution in [0.2, 0.25) is 0 Å². The van der Waals surface area contributed by atoms with Gasteiger partial charge in [-0.3, -0.25) is 9.59 Å². The number of hydrogen-bond acceptors (Lipinski definition) is 4. The SMILES string of the molecule is C[C@@H](NC(=O)OCC1c2ccccc2-c2ccccc21)C(=O)NC(CCC(=O)O)c1ccccc1. The molecule has 1 aliphatic rings. The van der Waals surface area contributed by atoms with Crippen molar-refractivity contribution in [2.75, 3.05) is 6.61 Å². The molecular weight excluding hydrogens is 444 g/mol. The molecule has 35 heavy (non-hydrogen) atoms. The average Bonchev–Trinajstić information content (AvgIpc) is 3.19. The molecular formula is C28H28N2O5. The monoisotopic (exact) mass is 472 g/mol. The number of fused-ring (bicyclic) bond motifs is 3. The second-order valence-corrected chi connectivity index (χ2v) is 8.60. The Labute approximate surface area is 204 Å². The fraction of sp³-hybridized carbons (Fsp3) is 0.250. The van der Waals surface area contributed by atoms with E-state index in [9.17, 15) is 14.4 Å². The van der Waals surface area contributed by atoms with Crippen LogP contribution in [-0.4, -0.2) is 35.7 Å². The number of nitrogens with one attached hydrogen (secondary N) is 2. The summed E-state index contributed by atoms with van der Waals surface area (Å²) in [6, 6.07) is 24.0. The number of carbonyl (C=O) groups excluding carboxylic acids is 2. The molecule has 3 N–H and O–H groups in total. The van der Waals surface area contributed by atoms with Crippen molar-refractivity contribution < 1.29 is 24.2 Å². The molecule has 4 rings (SSSR count). The van der Waals surface area contributed by atoms with Gasteiger partial charge in [-0.1, -0.05) is 78.9 Å². The number of carboxylic acids is 1. The van der Waals surface area contributed by atoms with E-state index >= 15 is 0 Å². The molecule has 0 heterocycles. The van der Waals surface area contributed by atoms with Crippen LogP contribution in [0.15, 0.2) is 78.9 Å². The summed E-state index contributed by atoms with van der Waals surface area (Å²) in [6.07, 6.45) is -0.534. The lowest BCUT2D eigenvalue weighted by atomic mass is 9.98. The molecule has 3 aromatic rings. The first-order chi connectivity index (χ1) is 16.9. The van der Waals surface area contributed by atoms with Crippen LogP contribution in [-0.2, 0) is 14.3 Å². The zero-order valence-corrected chi connectivity index (χ0v) is 19.4. The van der Waals surface area contributed by atoms with Crippen molar-refractivity contribution in [3.63, 3.8) is 0 Å². The molecule has 7 nitrogen and oxygen atoms in total. The molecule has 0 aromatic heterocycles. The Morgan fingerprint density at radius 2 is 1.43 bits per heavy atom. The molecule has 180 valence electrons. The second kappa shape index (κ2) is 10.9. The highest BCUT2D eigenvalue weighted by Crippen LogP contribution is 2.44. The zero-order chi connectivity index (χ0) is 24.8. The topological polar surface area (TPSA) is 105 Å². The first-order valence-electron chi connectivity index (χ1n) is 11.6. The van der Waals surface area contributed by atoms with E-state index in [0.29, 0.717) is 0 Å². The number of carbonyl (C=O) groups is 3.